The molecule has 0 amide bonds. The van der Waals surface area contributed by atoms with E-state index in [-0.39, 0.29) is 6.10 Å². The molecular formula is C29H52O. The van der Waals surface area contributed by atoms with Crippen molar-refractivity contribution in [3.05, 3.63) is 0 Å². The van der Waals surface area contributed by atoms with Gasteiger partial charge in [-0.15, -0.1) is 0 Å². The Labute approximate surface area is 188 Å². The largest absolute Gasteiger partial charge is 0.393 e. The van der Waals surface area contributed by atoms with E-state index in [0.29, 0.717) is 10.8 Å². The second kappa shape index (κ2) is 9.07. The highest BCUT2D eigenvalue weighted by atomic mass is 16.3. The molecule has 30 heavy (non-hydrogen) atoms. The molecule has 9 unspecified atom stereocenters. The number of fused-ring (bicyclic) bond motifs is 5. The minimum atomic E-state index is -0.0116. The Morgan fingerprint density at radius 2 is 1.50 bits per heavy atom. The molecule has 0 aromatic rings. The SMILES string of the molecule is CC(C)CCCC(C)C1CCCCC2C3CCC4CC(O)CCC4(C)C3CCC12C. The van der Waals surface area contributed by atoms with Crippen molar-refractivity contribution in [3.63, 3.8) is 0 Å². The van der Waals surface area contributed by atoms with E-state index in [0.717, 1.165) is 54.3 Å². The average molecular weight is 417 g/mol. The van der Waals surface area contributed by atoms with Crippen molar-refractivity contribution < 1.29 is 5.11 Å². The molecule has 0 radical (unpaired) electrons. The minimum absolute atomic E-state index is 0.0116. The Morgan fingerprint density at radius 1 is 0.800 bits per heavy atom. The van der Waals surface area contributed by atoms with Crippen molar-refractivity contribution >= 4 is 0 Å². The summed E-state index contributed by atoms with van der Waals surface area (Å²) >= 11 is 0. The highest BCUT2D eigenvalue weighted by molar-refractivity contribution is 5.08. The number of aliphatic hydroxyl groups excluding tert-OH is 1. The van der Waals surface area contributed by atoms with Gasteiger partial charge in [0.25, 0.3) is 0 Å². The summed E-state index contributed by atoms with van der Waals surface area (Å²) in [7, 11) is 0. The third kappa shape index (κ3) is 4.15. The first-order valence-corrected chi connectivity index (χ1v) is 13.9. The van der Waals surface area contributed by atoms with Crippen LogP contribution in [0, 0.1) is 52.3 Å². The highest BCUT2D eigenvalue weighted by Gasteiger charge is 2.58. The zero-order chi connectivity index (χ0) is 21.5. The molecule has 4 saturated carbocycles. The first-order chi connectivity index (χ1) is 14.3. The predicted octanol–water partition coefficient (Wildman–Crippen LogP) is 8.25. The van der Waals surface area contributed by atoms with Crippen molar-refractivity contribution in [2.75, 3.05) is 0 Å². The van der Waals surface area contributed by atoms with E-state index in [1.165, 1.54) is 77.0 Å². The van der Waals surface area contributed by atoms with Crippen LogP contribution in [0.15, 0.2) is 0 Å². The second-order valence-corrected chi connectivity index (χ2v) is 13.3. The van der Waals surface area contributed by atoms with Crippen molar-refractivity contribution in [3.8, 4) is 0 Å². The normalized spacial score (nSPS) is 47.7. The monoisotopic (exact) mass is 416 g/mol. The van der Waals surface area contributed by atoms with Gasteiger partial charge in [-0.1, -0.05) is 66.7 Å². The molecule has 0 aliphatic heterocycles. The lowest BCUT2D eigenvalue weighted by Crippen LogP contribution is -2.55. The van der Waals surface area contributed by atoms with Crippen LogP contribution >= 0.6 is 0 Å². The molecule has 0 heterocycles. The van der Waals surface area contributed by atoms with Crippen LogP contribution in [0.4, 0.5) is 0 Å². The summed E-state index contributed by atoms with van der Waals surface area (Å²) in [6, 6.07) is 0. The number of hydrogen-bond donors (Lipinski definition) is 1. The second-order valence-electron chi connectivity index (χ2n) is 13.3. The Morgan fingerprint density at radius 3 is 2.27 bits per heavy atom. The fourth-order valence-electron chi connectivity index (χ4n) is 9.63. The van der Waals surface area contributed by atoms with Gasteiger partial charge in [0.1, 0.15) is 0 Å². The minimum Gasteiger partial charge on any atom is -0.393 e. The molecule has 1 N–H and O–H groups in total. The number of aliphatic hydroxyl groups is 1. The summed E-state index contributed by atoms with van der Waals surface area (Å²) in [6.07, 6.45) is 19.5. The van der Waals surface area contributed by atoms with Crippen LogP contribution < -0.4 is 0 Å². The fourth-order valence-corrected chi connectivity index (χ4v) is 9.63. The molecule has 0 spiro atoms. The zero-order valence-electron chi connectivity index (χ0n) is 21.0. The van der Waals surface area contributed by atoms with Gasteiger partial charge in [0.15, 0.2) is 0 Å². The van der Waals surface area contributed by atoms with Crippen LogP contribution in [-0.4, -0.2) is 11.2 Å². The maximum absolute atomic E-state index is 10.3. The van der Waals surface area contributed by atoms with Gasteiger partial charge in [0, 0.05) is 0 Å². The van der Waals surface area contributed by atoms with Crippen LogP contribution in [0.5, 0.6) is 0 Å². The van der Waals surface area contributed by atoms with Crippen molar-refractivity contribution in [1.82, 2.24) is 0 Å². The van der Waals surface area contributed by atoms with Crippen LogP contribution in [0.25, 0.3) is 0 Å². The molecule has 0 saturated heterocycles. The summed E-state index contributed by atoms with van der Waals surface area (Å²) in [5.41, 5.74) is 1.11. The summed E-state index contributed by atoms with van der Waals surface area (Å²) in [5.74, 6) is 6.40. The van der Waals surface area contributed by atoms with E-state index >= 15 is 0 Å². The van der Waals surface area contributed by atoms with Crippen molar-refractivity contribution in [2.24, 2.45) is 52.3 Å². The lowest BCUT2D eigenvalue weighted by Gasteiger charge is -2.63. The fraction of sp³-hybridized carbons (Fsp3) is 1.00. The topological polar surface area (TPSA) is 20.2 Å². The third-order valence-electron chi connectivity index (χ3n) is 11.3. The first kappa shape index (κ1) is 23.1. The Balaban J connectivity index is 1.52. The van der Waals surface area contributed by atoms with Crippen molar-refractivity contribution in [1.29, 1.82) is 0 Å². The molecule has 0 aromatic carbocycles. The average Bonchev–Trinajstić information content (AvgIpc) is 2.86. The van der Waals surface area contributed by atoms with Crippen LogP contribution in [0.3, 0.4) is 0 Å². The molecule has 1 nitrogen and oxygen atoms in total. The first-order valence-electron chi connectivity index (χ1n) is 13.9. The van der Waals surface area contributed by atoms with Crippen LogP contribution in [-0.2, 0) is 0 Å². The molecule has 9 atom stereocenters. The Bertz CT molecular complexity index is 569. The number of rotatable bonds is 5. The molecule has 4 fully saturated rings. The van der Waals surface area contributed by atoms with Gasteiger partial charge in [-0.05, 0) is 110 Å². The maximum Gasteiger partial charge on any atom is 0.0543 e. The van der Waals surface area contributed by atoms with Gasteiger partial charge in [-0.25, -0.2) is 0 Å². The van der Waals surface area contributed by atoms with E-state index in [2.05, 4.69) is 34.6 Å². The van der Waals surface area contributed by atoms with Gasteiger partial charge in [-0.2, -0.15) is 0 Å². The van der Waals surface area contributed by atoms with Crippen molar-refractivity contribution in [2.45, 2.75) is 131 Å². The summed E-state index contributed by atoms with van der Waals surface area (Å²) < 4.78 is 0. The molecule has 4 aliphatic rings. The molecule has 0 bridgehead atoms. The van der Waals surface area contributed by atoms with Gasteiger partial charge in [0.05, 0.1) is 6.10 Å². The van der Waals surface area contributed by atoms with Crippen LogP contribution in [0.2, 0.25) is 0 Å². The molecule has 0 aromatic heterocycles. The quantitative estimate of drug-likeness (QED) is 0.478. The third-order valence-corrected chi connectivity index (χ3v) is 11.3. The maximum atomic E-state index is 10.3. The lowest BCUT2D eigenvalue weighted by molar-refractivity contribution is -0.143. The summed E-state index contributed by atoms with van der Waals surface area (Å²) in [4.78, 5) is 0. The van der Waals surface area contributed by atoms with E-state index in [1.807, 2.05) is 0 Å². The van der Waals surface area contributed by atoms with E-state index in [1.54, 1.807) is 0 Å². The van der Waals surface area contributed by atoms with E-state index in [9.17, 15) is 5.11 Å². The summed E-state index contributed by atoms with van der Waals surface area (Å²) in [6.45, 7) is 12.8. The smallest absolute Gasteiger partial charge is 0.0543 e. The van der Waals surface area contributed by atoms with Gasteiger partial charge in [0.2, 0.25) is 0 Å². The predicted molar refractivity (Wildman–Crippen MR) is 128 cm³/mol. The summed E-state index contributed by atoms with van der Waals surface area (Å²) in [5, 5.41) is 10.3. The standard InChI is InChI=1S/C29H52O/c1-20(2)9-8-10-21(3)25-11-6-7-12-26-24-14-13-22-19-23(30)15-17-28(22,4)27(24)16-18-29(25,26)5/h20-27,30H,6-19H2,1-5H3. The molecule has 174 valence electrons. The highest BCUT2D eigenvalue weighted by Crippen LogP contribution is 2.66. The zero-order valence-corrected chi connectivity index (χ0v) is 21.0. The molecule has 4 rings (SSSR count). The Hall–Kier alpha value is -0.0400. The number of hydrogen-bond acceptors (Lipinski definition) is 1. The lowest BCUT2D eigenvalue weighted by atomic mass is 9.42. The van der Waals surface area contributed by atoms with Gasteiger partial charge >= 0.3 is 0 Å². The van der Waals surface area contributed by atoms with E-state index in [4.69, 9.17) is 0 Å². The molecule has 1 heteroatoms. The Kier molecular flexibility index (Phi) is 6.99. The van der Waals surface area contributed by atoms with Gasteiger partial charge < -0.3 is 5.11 Å². The molecule has 4 aliphatic carbocycles. The van der Waals surface area contributed by atoms with Crippen LogP contribution in [0.1, 0.15) is 125 Å². The molecular weight excluding hydrogens is 364 g/mol. The van der Waals surface area contributed by atoms with Gasteiger partial charge in [-0.3, -0.25) is 0 Å². The van der Waals surface area contributed by atoms with E-state index < -0.39 is 0 Å².